The number of rotatable bonds is 4. The molecule has 0 radical (unpaired) electrons. The van der Waals surface area contributed by atoms with Gasteiger partial charge in [-0.25, -0.2) is 4.79 Å². The van der Waals surface area contributed by atoms with Crippen LogP contribution in [-0.4, -0.2) is 34.4 Å². The van der Waals surface area contributed by atoms with E-state index in [1.165, 1.54) is 0 Å². The monoisotopic (exact) mass is 293 g/mol. The standard InChI is InChI=1S/C15H19NO5/c17-11-6-7-13(12(8-11)14(18)19)16-15(20)21-9-10-4-2-1-3-5-10/h1-5,11-13,17H,6-9H2,(H,16,20)(H,18,19)/t11-,12+,13+/m0/s1. The van der Waals surface area contributed by atoms with Crippen LogP contribution >= 0.6 is 0 Å². The Morgan fingerprint density at radius 3 is 2.62 bits per heavy atom. The second-order valence-corrected chi connectivity index (χ2v) is 5.22. The topological polar surface area (TPSA) is 95.9 Å². The molecule has 1 aliphatic rings. The number of alkyl carbamates (subject to hydrolysis) is 1. The number of carbonyl (C=O) groups is 2. The van der Waals surface area contributed by atoms with Crippen LogP contribution in [-0.2, 0) is 16.1 Å². The third kappa shape index (κ3) is 4.46. The van der Waals surface area contributed by atoms with Gasteiger partial charge in [0.15, 0.2) is 0 Å². The SMILES string of the molecule is O=C(N[C@@H]1CC[C@H](O)C[C@H]1C(=O)O)OCc1ccccc1. The van der Waals surface area contributed by atoms with Crippen molar-refractivity contribution >= 4 is 12.1 Å². The Bertz CT molecular complexity index is 490. The molecule has 6 nitrogen and oxygen atoms in total. The van der Waals surface area contributed by atoms with Gasteiger partial charge in [0.1, 0.15) is 6.61 Å². The summed E-state index contributed by atoms with van der Waals surface area (Å²) in [6.07, 6.45) is -0.193. The average molecular weight is 293 g/mol. The van der Waals surface area contributed by atoms with Gasteiger partial charge in [0, 0.05) is 6.04 Å². The number of aliphatic hydroxyl groups is 1. The van der Waals surface area contributed by atoms with Crippen LogP contribution < -0.4 is 5.32 Å². The molecule has 0 aromatic heterocycles. The largest absolute Gasteiger partial charge is 0.481 e. The Balaban J connectivity index is 1.85. The summed E-state index contributed by atoms with van der Waals surface area (Å²) in [6, 6.07) is 8.73. The van der Waals surface area contributed by atoms with Crippen molar-refractivity contribution < 1.29 is 24.5 Å². The van der Waals surface area contributed by atoms with E-state index < -0.39 is 30.1 Å². The summed E-state index contributed by atoms with van der Waals surface area (Å²) in [7, 11) is 0. The number of aliphatic carboxylic acids is 1. The van der Waals surface area contributed by atoms with Crippen molar-refractivity contribution in [2.45, 2.75) is 38.0 Å². The highest BCUT2D eigenvalue weighted by Gasteiger charge is 2.35. The summed E-state index contributed by atoms with van der Waals surface area (Å²) in [4.78, 5) is 22.9. The summed E-state index contributed by atoms with van der Waals surface area (Å²) < 4.78 is 5.08. The quantitative estimate of drug-likeness (QED) is 0.782. The summed E-state index contributed by atoms with van der Waals surface area (Å²) in [5, 5.41) is 21.3. The van der Waals surface area contributed by atoms with Gasteiger partial charge in [-0.2, -0.15) is 0 Å². The summed E-state index contributed by atoms with van der Waals surface area (Å²) >= 11 is 0. The van der Waals surface area contributed by atoms with Crippen molar-refractivity contribution in [2.75, 3.05) is 0 Å². The number of carboxylic acids is 1. The third-order valence-electron chi connectivity index (χ3n) is 3.66. The molecule has 0 spiro atoms. The molecule has 0 unspecified atom stereocenters. The zero-order valence-corrected chi connectivity index (χ0v) is 11.6. The lowest BCUT2D eigenvalue weighted by Gasteiger charge is -2.31. The predicted octanol–water partition coefficient (Wildman–Crippen LogP) is 1.53. The van der Waals surface area contributed by atoms with E-state index in [0.717, 1.165) is 5.56 Å². The molecule has 0 heterocycles. The van der Waals surface area contributed by atoms with Gasteiger partial charge in [-0.05, 0) is 24.8 Å². The second-order valence-electron chi connectivity index (χ2n) is 5.22. The maximum absolute atomic E-state index is 11.7. The summed E-state index contributed by atoms with van der Waals surface area (Å²) in [5.41, 5.74) is 0.863. The lowest BCUT2D eigenvalue weighted by Crippen LogP contribution is -2.47. The molecular formula is C15H19NO5. The predicted molar refractivity (Wildman–Crippen MR) is 74.5 cm³/mol. The Hall–Kier alpha value is -2.08. The molecule has 0 aliphatic heterocycles. The van der Waals surface area contributed by atoms with Crippen LogP contribution in [0.25, 0.3) is 0 Å². The molecule has 1 saturated carbocycles. The molecule has 1 aliphatic carbocycles. The minimum atomic E-state index is -1.01. The van der Waals surface area contributed by atoms with Gasteiger partial charge in [-0.1, -0.05) is 30.3 Å². The van der Waals surface area contributed by atoms with Gasteiger partial charge in [-0.3, -0.25) is 4.79 Å². The van der Waals surface area contributed by atoms with Gasteiger partial charge >= 0.3 is 12.1 Å². The Morgan fingerprint density at radius 1 is 1.24 bits per heavy atom. The number of hydrogen-bond donors (Lipinski definition) is 3. The van der Waals surface area contributed by atoms with Gasteiger partial charge in [0.25, 0.3) is 0 Å². The zero-order valence-electron chi connectivity index (χ0n) is 11.6. The van der Waals surface area contributed by atoms with Crippen molar-refractivity contribution in [2.24, 2.45) is 5.92 Å². The maximum Gasteiger partial charge on any atom is 0.407 e. The molecule has 0 saturated heterocycles. The Morgan fingerprint density at radius 2 is 1.95 bits per heavy atom. The minimum absolute atomic E-state index is 0.139. The van der Waals surface area contributed by atoms with Gasteiger partial charge in [0.2, 0.25) is 0 Å². The molecule has 1 amide bonds. The van der Waals surface area contributed by atoms with E-state index in [9.17, 15) is 14.7 Å². The first-order valence-electron chi connectivity index (χ1n) is 6.94. The number of nitrogens with one attached hydrogen (secondary N) is 1. The van der Waals surface area contributed by atoms with Crippen LogP contribution in [0, 0.1) is 5.92 Å². The van der Waals surface area contributed by atoms with E-state index in [1.807, 2.05) is 30.3 Å². The highest BCUT2D eigenvalue weighted by molar-refractivity contribution is 5.73. The molecule has 3 N–H and O–H groups in total. The van der Waals surface area contributed by atoms with Crippen LogP contribution in [0.3, 0.4) is 0 Å². The van der Waals surface area contributed by atoms with Crippen molar-refractivity contribution in [3.8, 4) is 0 Å². The zero-order chi connectivity index (χ0) is 15.2. The smallest absolute Gasteiger partial charge is 0.407 e. The molecule has 114 valence electrons. The number of aliphatic hydroxyl groups excluding tert-OH is 1. The first-order valence-corrected chi connectivity index (χ1v) is 6.94. The van der Waals surface area contributed by atoms with E-state index in [0.29, 0.717) is 12.8 Å². The molecule has 2 rings (SSSR count). The van der Waals surface area contributed by atoms with Crippen molar-refractivity contribution in [1.82, 2.24) is 5.32 Å². The normalized spacial score (nSPS) is 25.1. The second kappa shape index (κ2) is 7.08. The molecule has 1 aromatic carbocycles. The molecule has 1 aromatic rings. The number of benzene rings is 1. The Labute approximate surface area is 122 Å². The van der Waals surface area contributed by atoms with Gasteiger partial charge in [-0.15, -0.1) is 0 Å². The number of ether oxygens (including phenoxy) is 1. The van der Waals surface area contributed by atoms with Gasteiger partial charge < -0.3 is 20.3 Å². The molecule has 1 fully saturated rings. The number of hydrogen-bond acceptors (Lipinski definition) is 4. The minimum Gasteiger partial charge on any atom is -0.481 e. The number of carbonyl (C=O) groups excluding carboxylic acids is 1. The molecule has 0 bridgehead atoms. The first kappa shape index (κ1) is 15.3. The lowest BCUT2D eigenvalue weighted by molar-refractivity contribution is -0.145. The highest BCUT2D eigenvalue weighted by atomic mass is 16.5. The van der Waals surface area contributed by atoms with E-state index >= 15 is 0 Å². The Kier molecular flexibility index (Phi) is 5.16. The fourth-order valence-corrected chi connectivity index (χ4v) is 2.51. The van der Waals surface area contributed by atoms with Crippen LogP contribution in [0.15, 0.2) is 30.3 Å². The molecule has 6 heteroatoms. The van der Waals surface area contributed by atoms with E-state index in [4.69, 9.17) is 9.84 Å². The van der Waals surface area contributed by atoms with Gasteiger partial charge in [0.05, 0.1) is 12.0 Å². The average Bonchev–Trinajstić information content (AvgIpc) is 2.48. The maximum atomic E-state index is 11.7. The number of amides is 1. The fourth-order valence-electron chi connectivity index (χ4n) is 2.51. The van der Waals surface area contributed by atoms with Crippen LogP contribution in [0.2, 0.25) is 0 Å². The molecular weight excluding hydrogens is 274 g/mol. The van der Waals surface area contributed by atoms with Crippen LogP contribution in [0.4, 0.5) is 4.79 Å². The van der Waals surface area contributed by atoms with Crippen molar-refractivity contribution in [1.29, 1.82) is 0 Å². The van der Waals surface area contributed by atoms with Crippen molar-refractivity contribution in [3.05, 3.63) is 35.9 Å². The fraction of sp³-hybridized carbons (Fsp3) is 0.467. The van der Waals surface area contributed by atoms with E-state index in [-0.39, 0.29) is 13.0 Å². The van der Waals surface area contributed by atoms with E-state index in [1.54, 1.807) is 0 Å². The third-order valence-corrected chi connectivity index (χ3v) is 3.66. The van der Waals surface area contributed by atoms with Crippen LogP contribution in [0.1, 0.15) is 24.8 Å². The van der Waals surface area contributed by atoms with Crippen molar-refractivity contribution in [3.63, 3.8) is 0 Å². The first-order chi connectivity index (χ1) is 10.1. The number of carboxylic acid groups (broad SMARTS) is 1. The summed E-state index contributed by atoms with van der Waals surface area (Å²) in [6.45, 7) is 0.139. The highest BCUT2D eigenvalue weighted by Crippen LogP contribution is 2.25. The molecule has 3 atom stereocenters. The van der Waals surface area contributed by atoms with Crippen LogP contribution in [0.5, 0.6) is 0 Å². The summed E-state index contributed by atoms with van der Waals surface area (Å²) in [5.74, 6) is -1.79. The molecule has 21 heavy (non-hydrogen) atoms. The lowest BCUT2D eigenvalue weighted by atomic mass is 9.83. The van der Waals surface area contributed by atoms with E-state index in [2.05, 4.69) is 5.32 Å².